The van der Waals surface area contributed by atoms with E-state index in [0.717, 1.165) is 71.8 Å². The number of hydrogen-bond donors (Lipinski definition) is 0. The first-order valence-corrected chi connectivity index (χ1v) is 19.2. The molecule has 9 aromatic carbocycles. The van der Waals surface area contributed by atoms with Crippen molar-refractivity contribution in [2.45, 2.75) is 19.3 Å². The summed E-state index contributed by atoms with van der Waals surface area (Å²) in [5.74, 6) is 0.572. The molecule has 0 saturated heterocycles. The van der Waals surface area contributed by atoms with Gasteiger partial charge in [-0.1, -0.05) is 141 Å². The second-order valence-electron chi connectivity index (χ2n) is 15.3. The Bertz CT molecular complexity index is 3150. The standard InChI is InChI=1S/C52H36FN3/c1-52(2)41-18-9-8-17-38(41)51-42(52)19-12-22-47(51)56(46-21-11-10-20-43(46)53)45-30-26-34-23-27-39-44(29-25-33-24-28-40(45)50(34)49(33)39)55(37-15-4-3-5-16-37)48-31-35-13-6-7-14-36(35)32-54-48/h3-32H,1-2H3. The van der Waals surface area contributed by atoms with Crippen LogP contribution >= 0.6 is 0 Å². The summed E-state index contributed by atoms with van der Waals surface area (Å²) in [4.78, 5) is 9.43. The highest BCUT2D eigenvalue weighted by molar-refractivity contribution is 6.28. The topological polar surface area (TPSA) is 19.4 Å². The molecular formula is C52H36FN3. The third-order valence-electron chi connectivity index (χ3n) is 11.9. The zero-order valence-electron chi connectivity index (χ0n) is 31.0. The van der Waals surface area contributed by atoms with Gasteiger partial charge in [0.05, 0.1) is 22.7 Å². The lowest BCUT2D eigenvalue weighted by atomic mass is 9.82. The van der Waals surface area contributed by atoms with Gasteiger partial charge in [0.1, 0.15) is 11.6 Å². The van der Waals surface area contributed by atoms with Crippen molar-refractivity contribution in [3.05, 3.63) is 199 Å². The minimum absolute atomic E-state index is 0.202. The predicted molar refractivity (Wildman–Crippen MR) is 232 cm³/mol. The number of benzene rings is 9. The van der Waals surface area contributed by atoms with Crippen molar-refractivity contribution in [3.8, 4) is 11.1 Å². The van der Waals surface area contributed by atoms with Gasteiger partial charge in [-0.05, 0) is 92.2 Å². The molecule has 1 heterocycles. The summed E-state index contributed by atoms with van der Waals surface area (Å²) in [6.07, 6.45) is 1.96. The fourth-order valence-electron chi connectivity index (χ4n) is 9.27. The van der Waals surface area contributed by atoms with Crippen LogP contribution < -0.4 is 9.80 Å². The molecule has 0 unspecified atom stereocenters. The number of rotatable bonds is 6. The Labute approximate surface area is 324 Å². The summed E-state index contributed by atoms with van der Waals surface area (Å²) in [7, 11) is 0. The highest BCUT2D eigenvalue weighted by Gasteiger charge is 2.38. The Hall–Kier alpha value is -7.04. The van der Waals surface area contributed by atoms with Crippen LogP contribution in [-0.4, -0.2) is 4.98 Å². The fraction of sp³-hybridized carbons (Fsp3) is 0.0577. The molecule has 0 atom stereocenters. The first-order valence-electron chi connectivity index (χ1n) is 19.2. The molecule has 11 rings (SSSR count). The number of nitrogens with zero attached hydrogens (tertiary/aromatic N) is 3. The minimum Gasteiger partial charge on any atom is -0.306 e. The average molecular weight is 722 g/mol. The van der Waals surface area contributed by atoms with Crippen LogP contribution in [0.25, 0.3) is 54.2 Å². The van der Waals surface area contributed by atoms with Gasteiger partial charge >= 0.3 is 0 Å². The van der Waals surface area contributed by atoms with Gasteiger partial charge in [0.15, 0.2) is 0 Å². The Kier molecular flexibility index (Phi) is 7.08. The lowest BCUT2D eigenvalue weighted by molar-refractivity contribution is 0.629. The number of pyridine rings is 1. The molecule has 0 fully saturated rings. The van der Waals surface area contributed by atoms with Crippen LogP contribution in [0, 0.1) is 5.82 Å². The van der Waals surface area contributed by atoms with Crippen molar-refractivity contribution in [1.82, 2.24) is 4.98 Å². The molecule has 3 nitrogen and oxygen atoms in total. The van der Waals surface area contributed by atoms with Crippen molar-refractivity contribution in [2.75, 3.05) is 9.80 Å². The van der Waals surface area contributed by atoms with Crippen LogP contribution in [-0.2, 0) is 5.41 Å². The van der Waals surface area contributed by atoms with E-state index in [4.69, 9.17) is 4.98 Å². The van der Waals surface area contributed by atoms with Gasteiger partial charge in [0.2, 0.25) is 0 Å². The van der Waals surface area contributed by atoms with Gasteiger partial charge in [-0.15, -0.1) is 0 Å². The summed E-state index contributed by atoms with van der Waals surface area (Å²) in [6, 6.07) is 61.0. The second kappa shape index (κ2) is 12.2. The number of hydrogen-bond acceptors (Lipinski definition) is 3. The van der Waals surface area contributed by atoms with Gasteiger partial charge in [-0.2, -0.15) is 0 Å². The molecular weight excluding hydrogens is 686 g/mol. The summed E-state index contributed by atoms with van der Waals surface area (Å²) >= 11 is 0. The Morgan fingerprint density at radius 3 is 1.80 bits per heavy atom. The van der Waals surface area contributed by atoms with Crippen molar-refractivity contribution in [3.63, 3.8) is 0 Å². The number of halogens is 1. The molecule has 0 bridgehead atoms. The number of aromatic nitrogens is 1. The highest BCUT2D eigenvalue weighted by atomic mass is 19.1. The molecule has 10 aromatic rings. The smallest absolute Gasteiger partial charge is 0.147 e. The molecule has 56 heavy (non-hydrogen) atoms. The first kappa shape index (κ1) is 32.4. The molecule has 4 heteroatoms. The van der Waals surface area contributed by atoms with E-state index in [9.17, 15) is 0 Å². The maximum Gasteiger partial charge on any atom is 0.147 e. The lowest BCUT2D eigenvalue weighted by Crippen LogP contribution is -2.16. The molecule has 0 radical (unpaired) electrons. The van der Waals surface area contributed by atoms with E-state index in [2.05, 4.69) is 163 Å². The van der Waals surface area contributed by atoms with E-state index in [0.29, 0.717) is 5.69 Å². The van der Waals surface area contributed by atoms with Crippen LogP contribution in [0.3, 0.4) is 0 Å². The summed E-state index contributed by atoms with van der Waals surface area (Å²) in [5, 5.41) is 8.99. The average Bonchev–Trinajstić information content (AvgIpc) is 3.48. The van der Waals surface area contributed by atoms with Crippen LogP contribution in [0.2, 0.25) is 0 Å². The van der Waals surface area contributed by atoms with Gasteiger partial charge in [0.25, 0.3) is 0 Å². The summed E-state index contributed by atoms with van der Waals surface area (Å²) in [6.45, 7) is 4.57. The molecule has 0 N–H and O–H groups in total. The quantitative estimate of drug-likeness (QED) is 0.159. The van der Waals surface area contributed by atoms with Crippen molar-refractivity contribution in [1.29, 1.82) is 0 Å². The van der Waals surface area contributed by atoms with Gasteiger partial charge in [-0.3, -0.25) is 4.90 Å². The van der Waals surface area contributed by atoms with E-state index in [1.54, 1.807) is 12.1 Å². The fourth-order valence-corrected chi connectivity index (χ4v) is 9.27. The Morgan fingerprint density at radius 1 is 0.464 bits per heavy atom. The highest BCUT2D eigenvalue weighted by Crippen LogP contribution is 2.55. The molecule has 0 saturated carbocycles. The maximum absolute atomic E-state index is 16.3. The van der Waals surface area contributed by atoms with E-state index in [1.807, 2.05) is 30.5 Å². The number of anilines is 6. The maximum atomic E-state index is 16.3. The summed E-state index contributed by atoms with van der Waals surface area (Å²) in [5.41, 5.74) is 9.11. The molecule has 1 aromatic heterocycles. The number of para-hydroxylation sites is 2. The van der Waals surface area contributed by atoms with E-state index < -0.39 is 0 Å². The SMILES string of the molecule is CC1(C)c2ccccc2-c2c(N(c3ccccc3F)c3ccc4ccc5c(N(c6ccccc6)c6cc7ccccc7cn6)ccc6ccc3c4c65)cccc21. The minimum atomic E-state index is -0.273. The molecule has 1 aliphatic carbocycles. The third kappa shape index (κ3) is 4.72. The second-order valence-corrected chi connectivity index (χ2v) is 15.3. The van der Waals surface area contributed by atoms with Crippen molar-refractivity contribution in [2.24, 2.45) is 0 Å². The zero-order valence-corrected chi connectivity index (χ0v) is 31.0. The van der Waals surface area contributed by atoms with E-state index in [-0.39, 0.29) is 11.2 Å². The first-order chi connectivity index (χ1) is 27.5. The molecule has 0 amide bonds. The van der Waals surface area contributed by atoms with Gasteiger partial charge in [0, 0.05) is 39.0 Å². The van der Waals surface area contributed by atoms with Crippen LogP contribution in [0.4, 0.5) is 38.6 Å². The largest absolute Gasteiger partial charge is 0.306 e. The van der Waals surface area contributed by atoms with Gasteiger partial charge < -0.3 is 4.90 Å². The normalized spacial score (nSPS) is 13.1. The Morgan fingerprint density at radius 2 is 1.05 bits per heavy atom. The molecule has 0 spiro atoms. The predicted octanol–water partition coefficient (Wildman–Crippen LogP) is 14.5. The molecule has 1 aliphatic rings. The van der Waals surface area contributed by atoms with E-state index >= 15 is 4.39 Å². The number of fused-ring (bicyclic) bond motifs is 4. The third-order valence-corrected chi connectivity index (χ3v) is 11.9. The van der Waals surface area contributed by atoms with Crippen molar-refractivity contribution < 1.29 is 4.39 Å². The van der Waals surface area contributed by atoms with Crippen LogP contribution in [0.1, 0.15) is 25.0 Å². The monoisotopic (exact) mass is 721 g/mol. The van der Waals surface area contributed by atoms with E-state index in [1.165, 1.54) is 22.1 Å². The zero-order chi connectivity index (χ0) is 37.5. The molecule has 266 valence electrons. The lowest BCUT2D eigenvalue weighted by Gasteiger charge is -2.31. The summed E-state index contributed by atoms with van der Waals surface area (Å²) < 4.78 is 16.3. The van der Waals surface area contributed by atoms with Gasteiger partial charge in [-0.25, -0.2) is 9.37 Å². The van der Waals surface area contributed by atoms with Crippen LogP contribution in [0.15, 0.2) is 182 Å². The van der Waals surface area contributed by atoms with Crippen LogP contribution in [0.5, 0.6) is 0 Å². The Balaban J connectivity index is 1.19. The molecule has 0 aliphatic heterocycles. The van der Waals surface area contributed by atoms with Crippen molar-refractivity contribution >= 4 is 77.3 Å².